The zero-order valence-corrected chi connectivity index (χ0v) is 13.7. The Kier molecular flexibility index (Phi) is 4.60. The van der Waals surface area contributed by atoms with Crippen LogP contribution in [0.25, 0.3) is 5.69 Å². The van der Waals surface area contributed by atoms with E-state index in [1.54, 1.807) is 18.5 Å². The SMILES string of the molecule is CCCc1c(NC(=O)Nc2ccn[nH]2)cnn1-c1cccc(C)c1. The fourth-order valence-corrected chi connectivity index (χ4v) is 2.54. The van der Waals surface area contributed by atoms with Crippen molar-refractivity contribution in [1.29, 1.82) is 0 Å². The monoisotopic (exact) mass is 324 g/mol. The van der Waals surface area contributed by atoms with E-state index in [2.05, 4.69) is 38.9 Å². The maximum Gasteiger partial charge on any atom is 0.324 e. The molecule has 1 aromatic carbocycles. The lowest BCUT2D eigenvalue weighted by Crippen LogP contribution is -2.20. The van der Waals surface area contributed by atoms with Gasteiger partial charge in [0.25, 0.3) is 0 Å². The van der Waals surface area contributed by atoms with Crippen LogP contribution in [0.2, 0.25) is 0 Å². The molecule has 24 heavy (non-hydrogen) atoms. The Balaban J connectivity index is 1.84. The number of rotatable bonds is 5. The molecule has 0 fully saturated rings. The van der Waals surface area contributed by atoms with E-state index in [1.807, 2.05) is 29.8 Å². The minimum absolute atomic E-state index is 0.333. The van der Waals surface area contributed by atoms with Crippen LogP contribution >= 0.6 is 0 Å². The second kappa shape index (κ2) is 6.99. The molecule has 7 heteroatoms. The number of H-pyrrole nitrogens is 1. The van der Waals surface area contributed by atoms with Gasteiger partial charge in [0.1, 0.15) is 5.82 Å². The number of nitrogens with zero attached hydrogens (tertiary/aromatic N) is 3. The molecule has 3 N–H and O–H groups in total. The van der Waals surface area contributed by atoms with Crippen LogP contribution in [0.1, 0.15) is 24.6 Å². The Morgan fingerprint density at radius 2 is 2.17 bits per heavy atom. The van der Waals surface area contributed by atoms with Gasteiger partial charge in [0.2, 0.25) is 0 Å². The van der Waals surface area contributed by atoms with Gasteiger partial charge in [-0.2, -0.15) is 10.2 Å². The van der Waals surface area contributed by atoms with Gasteiger partial charge in [0.15, 0.2) is 0 Å². The van der Waals surface area contributed by atoms with Crippen LogP contribution in [0.4, 0.5) is 16.3 Å². The Labute approximate surface area is 140 Å². The third-order valence-corrected chi connectivity index (χ3v) is 3.60. The molecule has 2 amide bonds. The number of urea groups is 1. The number of anilines is 2. The Morgan fingerprint density at radius 1 is 1.29 bits per heavy atom. The summed E-state index contributed by atoms with van der Waals surface area (Å²) in [6.07, 6.45) is 5.02. The number of nitrogens with one attached hydrogen (secondary N) is 3. The number of carbonyl (C=O) groups is 1. The highest BCUT2D eigenvalue weighted by atomic mass is 16.2. The number of aromatic amines is 1. The minimum Gasteiger partial charge on any atom is -0.305 e. The zero-order chi connectivity index (χ0) is 16.9. The van der Waals surface area contributed by atoms with Crippen LogP contribution in [0, 0.1) is 6.92 Å². The normalized spacial score (nSPS) is 10.6. The van der Waals surface area contributed by atoms with E-state index in [0.717, 1.165) is 29.8 Å². The quantitative estimate of drug-likeness (QED) is 0.671. The highest BCUT2D eigenvalue weighted by Crippen LogP contribution is 2.22. The topological polar surface area (TPSA) is 87.6 Å². The second-order valence-electron chi connectivity index (χ2n) is 5.56. The van der Waals surface area contributed by atoms with E-state index in [0.29, 0.717) is 11.5 Å². The minimum atomic E-state index is -0.333. The first-order valence-corrected chi connectivity index (χ1v) is 7.88. The first kappa shape index (κ1) is 15.8. The van der Waals surface area contributed by atoms with Crippen LogP contribution in [0.5, 0.6) is 0 Å². The summed E-state index contributed by atoms with van der Waals surface area (Å²) in [5.41, 5.74) is 3.83. The Bertz CT molecular complexity index is 821. The summed E-state index contributed by atoms with van der Waals surface area (Å²) in [5.74, 6) is 0.538. The summed E-state index contributed by atoms with van der Waals surface area (Å²) in [5, 5.41) is 16.5. The van der Waals surface area contributed by atoms with Gasteiger partial charge in [0, 0.05) is 6.07 Å². The maximum atomic E-state index is 12.1. The molecule has 2 aromatic heterocycles. The number of aromatic nitrogens is 4. The molecule has 0 saturated heterocycles. The summed E-state index contributed by atoms with van der Waals surface area (Å²) in [6.45, 7) is 4.14. The van der Waals surface area contributed by atoms with Gasteiger partial charge in [-0.05, 0) is 31.0 Å². The number of hydrogen-bond acceptors (Lipinski definition) is 3. The molecule has 3 aromatic rings. The molecule has 0 bridgehead atoms. The largest absolute Gasteiger partial charge is 0.324 e. The Morgan fingerprint density at radius 3 is 2.88 bits per heavy atom. The first-order valence-electron chi connectivity index (χ1n) is 7.88. The van der Waals surface area contributed by atoms with E-state index in [4.69, 9.17) is 0 Å². The molecule has 124 valence electrons. The third-order valence-electron chi connectivity index (χ3n) is 3.60. The molecule has 0 spiro atoms. The predicted molar refractivity (Wildman–Crippen MR) is 93.5 cm³/mol. The van der Waals surface area contributed by atoms with Crippen molar-refractivity contribution >= 4 is 17.5 Å². The lowest BCUT2D eigenvalue weighted by Gasteiger charge is -2.10. The average molecular weight is 324 g/mol. The second-order valence-corrected chi connectivity index (χ2v) is 5.56. The van der Waals surface area contributed by atoms with Gasteiger partial charge >= 0.3 is 6.03 Å². The van der Waals surface area contributed by atoms with Gasteiger partial charge < -0.3 is 5.32 Å². The van der Waals surface area contributed by atoms with Crippen LogP contribution in [-0.4, -0.2) is 26.0 Å². The summed E-state index contributed by atoms with van der Waals surface area (Å²) >= 11 is 0. The molecule has 0 atom stereocenters. The van der Waals surface area contributed by atoms with Gasteiger partial charge in [-0.3, -0.25) is 10.4 Å². The number of hydrogen-bond donors (Lipinski definition) is 3. The van der Waals surface area contributed by atoms with E-state index < -0.39 is 0 Å². The molecular weight excluding hydrogens is 304 g/mol. The number of amides is 2. The van der Waals surface area contributed by atoms with Crippen molar-refractivity contribution in [3.63, 3.8) is 0 Å². The van der Waals surface area contributed by atoms with Crippen molar-refractivity contribution in [3.05, 3.63) is 54.0 Å². The Hall–Kier alpha value is -3.09. The van der Waals surface area contributed by atoms with E-state index in [1.165, 1.54) is 0 Å². The molecule has 0 aliphatic heterocycles. The molecule has 0 aliphatic rings. The van der Waals surface area contributed by atoms with Crippen molar-refractivity contribution in [2.45, 2.75) is 26.7 Å². The summed E-state index contributed by atoms with van der Waals surface area (Å²) < 4.78 is 1.88. The van der Waals surface area contributed by atoms with Gasteiger partial charge in [-0.25, -0.2) is 9.48 Å². The molecule has 0 aliphatic carbocycles. The van der Waals surface area contributed by atoms with Crippen LogP contribution in [0.3, 0.4) is 0 Å². The highest BCUT2D eigenvalue weighted by molar-refractivity contribution is 5.99. The molecule has 3 rings (SSSR count). The van der Waals surface area contributed by atoms with Crippen molar-refractivity contribution < 1.29 is 4.79 Å². The molecule has 0 radical (unpaired) electrons. The lowest BCUT2D eigenvalue weighted by molar-refractivity contribution is 0.262. The molecular formula is C17H20N6O. The fraction of sp³-hybridized carbons (Fsp3) is 0.235. The van der Waals surface area contributed by atoms with E-state index in [9.17, 15) is 4.79 Å². The summed E-state index contributed by atoms with van der Waals surface area (Å²) in [6, 6.07) is 9.47. The molecule has 2 heterocycles. The summed E-state index contributed by atoms with van der Waals surface area (Å²) in [7, 11) is 0. The standard InChI is InChI=1S/C17H20N6O/c1-3-5-15-14(20-17(24)21-16-8-9-18-22-16)11-19-23(15)13-7-4-6-12(2)10-13/h4,6-11H,3,5H2,1-2H3,(H3,18,20,21,22,24). The fourth-order valence-electron chi connectivity index (χ4n) is 2.54. The molecule has 7 nitrogen and oxygen atoms in total. The van der Waals surface area contributed by atoms with Crippen molar-refractivity contribution in [1.82, 2.24) is 20.0 Å². The predicted octanol–water partition coefficient (Wildman–Crippen LogP) is 3.50. The van der Waals surface area contributed by atoms with Gasteiger partial charge in [-0.15, -0.1) is 0 Å². The van der Waals surface area contributed by atoms with Gasteiger partial charge in [0.05, 0.1) is 29.5 Å². The summed E-state index contributed by atoms with van der Waals surface area (Å²) in [4.78, 5) is 12.1. The van der Waals surface area contributed by atoms with Gasteiger partial charge in [-0.1, -0.05) is 25.5 Å². The smallest absolute Gasteiger partial charge is 0.305 e. The highest BCUT2D eigenvalue weighted by Gasteiger charge is 2.14. The third kappa shape index (κ3) is 3.45. The number of carbonyl (C=O) groups excluding carboxylic acids is 1. The molecule has 0 unspecified atom stereocenters. The lowest BCUT2D eigenvalue weighted by atomic mass is 10.2. The molecule has 0 saturated carbocycles. The van der Waals surface area contributed by atoms with E-state index in [-0.39, 0.29) is 6.03 Å². The van der Waals surface area contributed by atoms with E-state index >= 15 is 0 Å². The number of benzene rings is 1. The van der Waals surface area contributed by atoms with Crippen LogP contribution in [0.15, 0.2) is 42.7 Å². The maximum absolute atomic E-state index is 12.1. The van der Waals surface area contributed by atoms with Crippen LogP contribution in [-0.2, 0) is 6.42 Å². The number of aryl methyl sites for hydroxylation is 1. The van der Waals surface area contributed by atoms with Crippen molar-refractivity contribution in [2.75, 3.05) is 10.6 Å². The zero-order valence-electron chi connectivity index (χ0n) is 13.7. The van der Waals surface area contributed by atoms with Crippen molar-refractivity contribution in [3.8, 4) is 5.69 Å². The average Bonchev–Trinajstić information content (AvgIpc) is 3.18. The first-order chi connectivity index (χ1) is 11.7. The van der Waals surface area contributed by atoms with Crippen LogP contribution < -0.4 is 10.6 Å². The van der Waals surface area contributed by atoms with Crippen molar-refractivity contribution in [2.24, 2.45) is 0 Å².